The van der Waals surface area contributed by atoms with Gasteiger partial charge in [0.15, 0.2) is 0 Å². The van der Waals surface area contributed by atoms with Crippen molar-refractivity contribution in [1.82, 2.24) is 0 Å². The summed E-state index contributed by atoms with van der Waals surface area (Å²) in [4.78, 5) is 11.3. The van der Waals surface area contributed by atoms with Crippen LogP contribution in [0.2, 0.25) is 0 Å². The van der Waals surface area contributed by atoms with Crippen molar-refractivity contribution in [2.75, 3.05) is 0 Å². The maximum Gasteiger partial charge on any atom is 0.305 e. The Kier molecular flexibility index (Phi) is 1.17. The number of carbonyl (C=O) groups excluding carboxylic acids is 1. The van der Waals surface area contributed by atoms with Gasteiger partial charge >= 0.3 is 5.97 Å². The van der Waals surface area contributed by atoms with E-state index in [0.29, 0.717) is 12.0 Å². The monoisotopic (exact) mass is 220 g/mol. The van der Waals surface area contributed by atoms with Gasteiger partial charge in [0, 0.05) is 19.3 Å². The second-order valence-corrected chi connectivity index (χ2v) is 6.50. The number of ether oxygens (including phenoxy) is 2. The van der Waals surface area contributed by atoms with Gasteiger partial charge in [0.25, 0.3) is 0 Å². The second kappa shape index (κ2) is 2.20. The highest BCUT2D eigenvalue weighted by molar-refractivity contribution is 5.66. The third-order valence-electron chi connectivity index (χ3n) is 6.19. The molecule has 3 heteroatoms. The van der Waals surface area contributed by atoms with E-state index in [4.69, 9.17) is 9.47 Å². The lowest BCUT2D eigenvalue weighted by atomic mass is 9.79. The van der Waals surface area contributed by atoms with Gasteiger partial charge in [-0.2, -0.15) is 0 Å². The fourth-order valence-electron chi connectivity index (χ4n) is 6.26. The number of esters is 1. The van der Waals surface area contributed by atoms with Crippen LogP contribution in [0.1, 0.15) is 26.2 Å². The zero-order valence-electron chi connectivity index (χ0n) is 9.39. The second-order valence-electron chi connectivity index (χ2n) is 6.50. The van der Waals surface area contributed by atoms with Gasteiger partial charge in [-0.05, 0) is 42.4 Å². The van der Waals surface area contributed by atoms with Gasteiger partial charge in [0.2, 0.25) is 5.79 Å². The summed E-state index contributed by atoms with van der Waals surface area (Å²) in [5.74, 6) is 4.05. The summed E-state index contributed by atoms with van der Waals surface area (Å²) in [5, 5.41) is 0. The fourth-order valence-corrected chi connectivity index (χ4v) is 6.26. The maximum atomic E-state index is 11.3. The fraction of sp³-hybridized carbons (Fsp3) is 0.923. The van der Waals surface area contributed by atoms with Crippen LogP contribution in [0.4, 0.5) is 0 Å². The predicted molar refractivity (Wildman–Crippen MR) is 54.2 cm³/mol. The molecule has 5 fully saturated rings. The molecule has 0 amide bonds. The van der Waals surface area contributed by atoms with E-state index in [9.17, 15) is 4.79 Å². The lowest BCUT2D eigenvalue weighted by Crippen LogP contribution is -2.38. The Morgan fingerprint density at radius 3 is 2.94 bits per heavy atom. The average Bonchev–Trinajstić information content (AvgIpc) is 2.79. The van der Waals surface area contributed by atoms with Gasteiger partial charge in [-0.25, -0.2) is 0 Å². The summed E-state index contributed by atoms with van der Waals surface area (Å²) in [6, 6.07) is 0. The SMILES string of the molecule is CC(=O)OC12CC3C4CC(O1)C1C4CC3C12. The van der Waals surface area contributed by atoms with Crippen LogP contribution in [-0.4, -0.2) is 17.9 Å². The first-order chi connectivity index (χ1) is 7.70. The number of carbonyl (C=O) groups is 1. The molecule has 4 aliphatic carbocycles. The van der Waals surface area contributed by atoms with E-state index in [1.165, 1.54) is 19.8 Å². The van der Waals surface area contributed by atoms with Crippen molar-refractivity contribution in [3.63, 3.8) is 0 Å². The zero-order valence-corrected chi connectivity index (χ0v) is 9.39. The molecular weight excluding hydrogens is 204 g/mol. The largest absolute Gasteiger partial charge is 0.433 e. The highest BCUT2D eigenvalue weighted by Gasteiger charge is 2.80. The van der Waals surface area contributed by atoms with Gasteiger partial charge in [-0.1, -0.05) is 0 Å². The quantitative estimate of drug-likeness (QED) is 0.629. The molecule has 0 N–H and O–H groups in total. The van der Waals surface area contributed by atoms with Crippen molar-refractivity contribution in [3.05, 3.63) is 0 Å². The molecule has 2 bridgehead atoms. The minimum atomic E-state index is -0.490. The van der Waals surface area contributed by atoms with Gasteiger partial charge < -0.3 is 9.47 Å². The normalized spacial score (nSPS) is 67.2. The van der Waals surface area contributed by atoms with Crippen molar-refractivity contribution in [1.29, 1.82) is 0 Å². The molecule has 5 aliphatic rings. The van der Waals surface area contributed by atoms with Crippen LogP contribution < -0.4 is 0 Å². The minimum Gasteiger partial charge on any atom is -0.433 e. The molecule has 3 nitrogen and oxygen atoms in total. The van der Waals surface area contributed by atoms with Crippen LogP contribution in [0.3, 0.4) is 0 Å². The van der Waals surface area contributed by atoms with Crippen molar-refractivity contribution in [2.24, 2.45) is 35.5 Å². The molecule has 1 heterocycles. The molecule has 8 atom stereocenters. The van der Waals surface area contributed by atoms with Gasteiger partial charge in [0.1, 0.15) is 0 Å². The molecule has 8 unspecified atom stereocenters. The van der Waals surface area contributed by atoms with Crippen LogP contribution in [0.5, 0.6) is 0 Å². The summed E-state index contributed by atoms with van der Waals surface area (Å²) in [5.41, 5.74) is 0. The number of fused-ring (bicyclic) bond motifs is 1. The van der Waals surface area contributed by atoms with Crippen molar-refractivity contribution in [2.45, 2.75) is 38.1 Å². The lowest BCUT2D eigenvalue weighted by molar-refractivity contribution is -0.230. The highest BCUT2D eigenvalue weighted by atomic mass is 16.7. The van der Waals surface area contributed by atoms with E-state index >= 15 is 0 Å². The summed E-state index contributed by atoms with van der Waals surface area (Å²) >= 11 is 0. The Morgan fingerprint density at radius 1 is 1.25 bits per heavy atom. The topological polar surface area (TPSA) is 35.5 Å². The Bertz CT molecular complexity index is 406. The van der Waals surface area contributed by atoms with Crippen LogP contribution in [0.25, 0.3) is 0 Å². The number of rotatable bonds is 1. The van der Waals surface area contributed by atoms with E-state index in [0.717, 1.165) is 36.0 Å². The maximum absolute atomic E-state index is 11.3. The van der Waals surface area contributed by atoms with Gasteiger partial charge in [-0.3, -0.25) is 4.79 Å². The van der Waals surface area contributed by atoms with Crippen LogP contribution in [0, 0.1) is 35.5 Å². The Morgan fingerprint density at radius 2 is 2.12 bits per heavy atom. The summed E-state index contributed by atoms with van der Waals surface area (Å²) < 4.78 is 11.8. The van der Waals surface area contributed by atoms with Gasteiger partial charge in [-0.15, -0.1) is 0 Å². The van der Waals surface area contributed by atoms with Crippen molar-refractivity contribution < 1.29 is 14.3 Å². The highest BCUT2D eigenvalue weighted by Crippen LogP contribution is 2.78. The van der Waals surface area contributed by atoms with E-state index < -0.39 is 5.79 Å². The summed E-state index contributed by atoms with van der Waals surface area (Å²) in [7, 11) is 0. The summed E-state index contributed by atoms with van der Waals surface area (Å²) in [6.45, 7) is 1.52. The van der Waals surface area contributed by atoms with Crippen LogP contribution in [0.15, 0.2) is 0 Å². The van der Waals surface area contributed by atoms with Crippen LogP contribution >= 0.6 is 0 Å². The first-order valence-corrected chi connectivity index (χ1v) is 6.57. The van der Waals surface area contributed by atoms with Crippen molar-refractivity contribution >= 4 is 5.97 Å². The first-order valence-electron chi connectivity index (χ1n) is 6.57. The molecule has 4 saturated carbocycles. The standard InChI is InChI=1S/C13H16O3/c1-5(14)15-13-4-9-6-3-10(16-13)11-7(6)2-8(9)12(11)13/h6-12H,2-4H2,1H3. The first kappa shape index (κ1) is 8.51. The van der Waals surface area contributed by atoms with Crippen LogP contribution in [-0.2, 0) is 14.3 Å². The van der Waals surface area contributed by atoms with E-state index in [1.54, 1.807) is 0 Å². The summed E-state index contributed by atoms with van der Waals surface area (Å²) in [6.07, 6.45) is 4.05. The molecular formula is C13H16O3. The van der Waals surface area contributed by atoms with Crippen molar-refractivity contribution in [3.8, 4) is 0 Å². The predicted octanol–water partition coefficient (Wildman–Crippen LogP) is 1.57. The third-order valence-corrected chi connectivity index (χ3v) is 6.19. The molecule has 0 radical (unpaired) electrons. The van der Waals surface area contributed by atoms with E-state index in [-0.39, 0.29) is 5.97 Å². The number of hydrogen-bond acceptors (Lipinski definition) is 3. The Labute approximate surface area is 94.5 Å². The molecule has 0 aromatic heterocycles. The lowest BCUT2D eigenvalue weighted by Gasteiger charge is -2.29. The molecule has 0 spiro atoms. The molecule has 1 saturated heterocycles. The Hall–Kier alpha value is -0.570. The Balaban J connectivity index is 1.67. The smallest absolute Gasteiger partial charge is 0.305 e. The van der Waals surface area contributed by atoms with E-state index in [2.05, 4.69) is 0 Å². The molecule has 0 aromatic rings. The third kappa shape index (κ3) is 0.652. The molecule has 0 aromatic carbocycles. The zero-order chi connectivity index (χ0) is 10.7. The molecule has 5 rings (SSSR count). The van der Waals surface area contributed by atoms with Gasteiger partial charge in [0.05, 0.1) is 6.10 Å². The molecule has 86 valence electrons. The molecule has 1 aliphatic heterocycles. The van der Waals surface area contributed by atoms with E-state index in [1.807, 2.05) is 0 Å². The number of hydrogen-bond donors (Lipinski definition) is 0. The average molecular weight is 220 g/mol. The molecule has 16 heavy (non-hydrogen) atoms. The minimum absolute atomic E-state index is 0.164.